The van der Waals surface area contributed by atoms with Crippen LogP contribution < -0.4 is 0 Å². The molecule has 0 aromatic heterocycles. The molecule has 6 nitrogen and oxygen atoms in total. The number of carbonyl (C=O) groups is 1. The minimum atomic E-state index is -0.959. The lowest BCUT2D eigenvalue weighted by atomic mass is 9.86. The first kappa shape index (κ1) is 22.0. The first-order chi connectivity index (χ1) is 14.1. The van der Waals surface area contributed by atoms with E-state index in [0.29, 0.717) is 31.9 Å². The number of hydrogen-bond donors (Lipinski definition) is 1. The van der Waals surface area contributed by atoms with E-state index in [4.69, 9.17) is 26.2 Å². The number of ether oxygens (including phenoxy) is 2. The lowest BCUT2D eigenvalue weighted by molar-refractivity contribution is -0.143. The number of carboxylic acid groups (broad SMARTS) is 1. The van der Waals surface area contributed by atoms with Gasteiger partial charge in [-0.05, 0) is 18.1 Å². The predicted molar refractivity (Wildman–Crippen MR) is 113 cm³/mol. The van der Waals surface area contributed by atoms with Crippen LogP contribution in [0.5, 0.6) is 0 Å². The van der Waals surface area contributed by atoms with Gasteiger partial charge in [0.1, 0.15) is 6.61 Å². The number of hydrogen-bond acceptors (Lipinski definition) is 5. The smallest absolute Gasteiger partial charge is 0.329 e. The second-order valence-corrected chi connectivity index (χ2v) is 7.78. The Morgan fingerprint density at radius 1 is 1.14 bits per heavy atom. The molecule has 7 heteroatoms. The van der Waals surface area contributed by atoms with Crippen molar-refractivity contribution >= 4 is 17.6 Å². The van der Waals surface area contributed by atoms with Crippen LogP contribution in [0.25, 0.3) is 0 Å². The fourth-order valence-electron chi connectivity index (χ4n) is 3.87. The van der Waals surface area contributed by atoms with E-state index in [1.165, 1.54) is 5.56 Å². The van der Waals surface area contributed by atoms with Crippen molar-refractivity contribution in [2.45, 2.75) is 12.5 Å². The molecule has 0 radical (unpaired) electrons. The highest BCUT2D eigenvalue weighted by Crippen LogP contribution is 2.35. The normalized spacial score (nSPS) is 21.7. The van der Waals surface area contributed by atoms with Crippen molar-refractivity contribution in [3.63, 3.8) is 0 Å². The molecule has 1 aliphatic carbocycles. The molecule has 0 saturated carbocycles. The number of benzene rings is 1. The van der Waals surface area contributed by atoms with Crippen molar-refractivity contribution in [2.75, 3.05) is 52.7 Å². The molecule has 1 N–H and O–H groups in total. The van der Waals surface area contributed by atoms with Crippen molar-refractivity contribution in [2.24, 2.45) is 5.92 Å². The summed E-state index contributed by atoms with van der Waals surface area (Å²) in [6, 6.07) is 11.0. The number of carboxylic acids is 1. The lowest BCUT2D eigenvalue weighted by Gasteiger charge is -2.42. The summed E-state index contributed by atoms with van der Waals surface area (Å²) in [5.41, 5.74) is 1.34. The summed E-state index contributed by atoms with van der Waals surface area (Å²) in [5, 5.41) is 9.36. The standard InChI is InChI=1S/C22H29ClN2O4/c23-20-8-6-19(7-9-20)22(18-4-2-1-3-5-18)25-12-10-24(11-13-25)17-29-15-14-28-16-21(26)27/h1-6,8-9,19,22H,7,10-17H2,(H,26,27). The number of aliphatic carboxylic acids is 1. The van der Waals surface area contributed by atoms with Gasteiger partial charge in [0.2, 0.25) is 0 Å². The van der Waals surface area contributed by atoms with Crippen LogP contribution in [-0.4, -0.2) is 73.6 Å². The Hall–Kier alpha value is -1.70. The molecule has 0 bridgehead atoms. The van der Waals surface area contributed by atoms with Crippen molar-refractivity contribution in [1.29, 1.82) is 0 Å². The second-order valence-electron chi connectivity index (χ2n) is 7.34. The van der Waals surface area contributed by atoms with Crippen LogP contribution in [0.2, 0.25) is 0 Å². The van der Waals surface area contributed by atoms with Crippen molar-refractivity contribution in [1.82, 2.24) is 9.80 Å². The highest BCUT2D eigenvalue weighted by Gasteiger charge is 2.30. The Balaban J connectivity index is 1.49. The molecule has 1 aliphatic heterocycles. The molecule has 29 heavy (non-hydrogen) atoms. The quantitative estimate of drug-likeness (QED) is 0.587. The van der Waals surface area contributed by atoms with Crippen LogP contribution in [0.4, 0.5) is 0 Å². The van der Waals surface area contributed by atoms with E-state index in [-0.39, 0.29) is 6.61 Å². The van der Waals surface area contributed by atoms with E-state index < -0.39 is 5.97 Å². The van der Waals surface area contributed by atoms with Crippen LogP contribution >= 0.6 is 11.6 Å². The van der Waals surface area contributed by atoms with Crippen LogP contribution in [-0.2, 0) is 14.3 Å². The maximum Gasteiger partial charge on any atom is 0.329 e. The van der Waals surface area contributed by atoms with Crippen LogP contribution in [0.15, 0.2) is 53.6 Å². The summed E-state index contributed by atoms with van der Waals surface area (Å²) >= 11 is 6.14. The first-order valence-corrected chi connectivity index (χ1v) is 10.4. The van der Waals surface area contributed by atoms with E-state index in [0.717, 1.165) is 37.6 Å². The van der Waals surface area contributed by atoms with E-state index in [2.05, 4.69) is 52.3 Å². The van der Waals surface area contributed by atoms with Crippen LogP contribution in [0.3, 0.4) is 0 Å². The molecule has 2 unspecified atom stereocenters. The monoisotopic (exact) mass is 420 g/mol. The summed E-state index contributed by atoms with van der Waals surface area (Å²) in [6.45, 7) is 4.78. The average Bonchev–Trinajstić information content (AvgIpc) is 2.74. The summed E-state index contributed by atoms with van der Waals surface area (Å²) in [6.07, 6.45) is 7.32. The minimum absolute atomic E-state index is 0.279. The molecule has 2 aliphatic rings. The SMILES string of the molecule is O=C(O)COCCOCN1CCN(C(c2ccccc2)C2C=CC(Cl)=CC2)CC1. The van der Waals surface area contributed by atoms with Gasteiger partial charge in [-0.3, -0.25) is 9.80 Å². The van der Waals surface area contributed by atoms with Crippen LogP contribution in [0, 0.1) is 5.92 Å². The molecule has 1 fully saturated rings. The molecular weight excluding hydrogens is 392 g/mol. The number of halogens is 1. The van der Waals surface area contributed by atoms with Gasteiger partial charge in [-0.25, -0.2) is 4.79 Å². The third-order valence-electron chi connectivity index (χ3n) is 5.31. The van der Waals surface area contributed by atoms with Gasteiger partial charge < -0.3 is 14.6 Å². The Morgan fingerprint density at radius 3 is 2.52 bits per heavy atom. The van der Waals surface area contributed by atoms with Gasteiger partial charge in [0.05, 0.1) is 19.9 Å². The van der Waals surface area contributed by atoms with Crippen molar-refractivity contribution < 1.29 is 19.4 Å². The molecular formula is C22H29ClN2O4. The van der Waals surface area contributed by atoms with E-state index in [9.17, 15) is 4.79 Å². The van der Waals surface area contributed by atoms with Crippen LogP contribution in [0.1, 0.15) is 18.0 Å². The number of nitrogens with zero attached hydrogens (tertiary/aromatic N) is 2. The Bertz CT molecular complexity index is 702. The largest absolute Gasteiger partial charge is 0.480 e. The Labute approximate surface area is 177 Å². The maximum atomic E-state index is 10.4. The van der Waals surface area contributed by atoms with Crippen molar-refractivity contribution in [3.05, 3.63) is 59.2 Å². The van der Waals surface area contributed by atoms with Gasteiger partial charge >= 0.3 is 5.97 Å². The average molecular weight is 421 g/mol. The molecule has 1 saturated heterocycles. The van der Waals surface area contributed by atoms with Gasteiger partial charge in [0, 0.05) is 43.2 Å². The molecule has 1 heterocycles. The van der Waals surface area contributed by atoms with Gasteiger partial charge in [0.25, 0.3) is 0 Å². The van der Waals surface area contributed by atoms with Crippen molar-refractivity contribution in [3.8, 4) is 0 Å². The topological polar surface area (TPSA) is 62.2 Å². The third kappa shape index (κ3) is 6.94. The highest BCUT2D eigenvalue weighted by molar-refractivity contribution is 6.31. The molecule has 1 aromatic carbocycles. The zero-order valence-electron chi connectivity index (χ0n) is 16.6. The Morgan fingerprint density at radius 2 is 1.86 bits per heavy atom. The molecule has 0 amide bonds. The van der Waals surface area contributed by atoms with E-state index >= 15 is 0 Å². The van der Waals surface area contributed by atoms with Gasteiger partial charge in [-0.15, -0.1) is 0 Å². The summed E-state index contributed by atoms with van der Waals surface area (Å²) in [7, 11) is 0. The molecule has 1 aromatic rings. The van der Waals surface area contributed by atoms with E-state index in [1.807, 2.05) is 6.08 Å². The summed E-state index contributed by atoms with van der Waals surface area (Å²) in [4.78, 5) is 15.2. The highest BCUT2D eigenvalue weighted by atomic mass is 35.5. The molecule has 3 rings (SSSR count). The number of piperazine rings is 1. The lowest BCUT2D eigenvalue weighted by Crippen LogP contribution is -2.49. The van der Waals surface area contributed by atoms with E-state index in [1.54, 1.807) is 0 Å². The predicted octanol–water partition coefficient (Wildman–Crippen LogP) is 3.12. The zero-order chi connectivity index (χ0) is 20.5. The number of allylic oxidation sites excluding steroid dienone is 3. The maximum absolute atomic E-state index is 10.4. The van der Waals surface area contributed by atoms with Gasteiger partial charge in [-0.1, -0.05) is 54.1 Å². The van der Waals surface area contributed by atoms with Gasteiger partial charge in [-0.2, -0.15) is 0 Å². The molecule has 158 valence electrons. The third-order valence-corrected chi connectivity index (χ3v) is 5.59. The molecule has 2 atom stereocenters. The second kappa shape index (κ2) is 11.5. The fraction of sp³-hybridized carbons (Fsp3) is 0.500. The minimum Gasteiger partial charge on any atom is -0.480 e. The Kier molecular flexibility index (Phi) is 8.70. The zero-order valence-corrected chi connectivity index (χ0v) is 17.3. The number of rotatable bonds is 10. The summed E-state index contributed by atoms with van der Waals surface area (Å²) in [5.74, 6) is -0.547. The van der Waals surface area contributed by atoms with Gasteiger partial charge in [0.15, 0.2) is 0 Å². The molecule has 0 spiro atoms. The first-order valence-electron chi connectivity index (χ1n) is 10.1. The summed E-state index contributed by atoms with van der Waals surface area (Å²) < 4.78 is 10.6. The fourth-order valence-corrected chi connectivity index (χ4v) is 4.03.